The van der Waals surface area contributed by atoms with Crippen molar-refractivity contribution < 1.29 is 0 Å². The molecule has 2 unspecified atom stereocenters. The molecule has 2 aromatic rings. The Labute approximate surface area is 121 Å². The van der Waals surface area contributed by atoms with E-state index in [9.17, 15) is 0 Å². The lowest BCUT2D eigenvalue weighted by molar-refractivity contribution is 0.557. The Morgan fingerprint density at radius 2 is 2.26 bits per heavy atom. The maximum absolute atomic E-state index is 6.02. The van der Waals surface area contributed by atoms with Gasteiger partial charge in [-0.25, -0.2) is 4.98 Å². The third-order valence-electron chi connectivity index (χ3n) is 3.77. The summed E-state index contributed by atoms with van der Waals surface area (Å²) >= 11 is 3.09. The highest BCUT2D eigenvalue weighted by molar-refractivity contribution is 7.11. The smallest absolute Gasteiger partial charge is 0.148 e. The molecule has 1 aliphatic rings. The molecule has 1 aliphatic carbocycles. The molecule has 0 bridgehead atoms. The van der Waals surface area contributed by atoms with Crippen molar-refractivity contribution >= 4 is 33.7 Å². The molecule has 3 rings (SSSR count). The molecule has 6 heteroatoms. The molecule has 2 heterocycles. The molecule has 2 atom stereocenters. The second kappa shape index (κ2) is 5.09. The van der Waals surface area contributed by atoms with Gasteiger partial charge in [-0.1, -0.05) is 13.3 Å². The van der Waals surface area contributed by atoms with Crippen molar-refractivity contribution in [3.8, 4) is 11.3 Å². The van der Waals surface area contributed by atoms with Crippen molar-refractivity contribution in [3.63, 3.8) is 0 Å². The summed E-state index contributed by atoms with van der Waals surface area (Å²) in [5.74, 6) is 1.30. The van der Waals surface area contributed by atoms with Gasteiger partial charge >= 0.3 is 0 Å². The fourth-order valence-electron chi connectivity index (χ4n) is 2.65. The number of nitrogens with two attached hydrogens (primary N) is 1. The number of hydrogen-bond donors (Lipinski definition) is 2. The first-order valence-corrected chi connectivity index (χ1v) is 8.24. The molecule has 4 nitrogen and oxygen atoms in total. The Bertz CT molecular complexity index is 575. The molecule has 0 aromatic carbocycles. The number of hydrogen-bond acceptors (Lipinski definition) is 6. The fourth-order valence-corrected chi connectivity index (χ4v) is 4.04. The van der Waals surface area contributed by atoms with Gasteiger partial charge in [-0.2, -0.15) is 4.37 Å². The average molecular weight is 294 g/mol. The van der Waals surface area contributed by atoms with Gasteiger partial charge in [-0.3, -0.25) is 0 Å². The van der Waals surface area contributed by atoms with Crippen LogP contribution in [0.3, 0.4) is 0 Å². The van der Waals surface area contributed by atoms with E-state index in [4.69, 9.17) is 5.73 Å². The molecule has 2 aromatic heterocycles. The third-order valence-corrected chi connectivity index (χ3v) is 5.34. The molecular weight excluding hydrogens is 276 g/mol. The van der Waals surface area contributed by atoms with E-state index in [1.54, 1.807) is 11.3 Å². The zero-order chi connectivity index (χ0) is 13.4. The first-order valence-electron chi connectivity index (χ1n) is 6.59. The van der Waals surface area contributed by atoms with E-state index >= 15 is 0 Å². The van der Waals surface area contributed by atoms with Crippen molar-refractivity contribution in [2.75, 3.05) is 11.1 Å². The van der Waals surface area contributed by atoms with Crippen LogP contribution in [-0.2, 0) is 0 Å². The highest BCUT2D eigenvalue weighted by atomic mass is 32.1. The minimum Gasteiger partial charge on any atom is -0.382 e. The van der Waals surface area contributed by atoms with Crippen LogP contribution in [0.2, 0.25) is 0 Å². The molecule has 19 heavy (non-hydrogen) atoms. The van der Waals surface area contributed by atoms with E-state index < -0.39 is 0 Å². The number of thiazole rings is 1. The zero-order valence-corrected chi connectivity index (χ0v) is 12.8. The molecule has 0 saturated heterocycles. The molecule has 102 valence electrons. The van der Waals surface area contributed by atoms with Gasteiger partial charge < -0.3 is 11.1 Å². The van der Waals surface area contributed by atoms with Crippen molar-refractivity contribution in [2.45, 2.75) is 39.2 Å². The minimum absolute atomic E-state index is 0.540. The van der Waals surface area contributed by atoms with Crippen LogP contribution in [0, 0.1) is 12.8 Å². The van der Waals surface area contributed by atoms with Crippen molar-refractivity contribution in [2.24, 2.45) is 5.92 Å². The maximum atomic E-state index is 6.02. The van der Waals surface area contributed by atoms with E-state index in [0.29, 0.717) is 17.8 Å². The quantitative estimate of drug-likeness (QED) is 0.904. The van der Waals surface area contributed by atoms with Crippen LogP contribution in [0.25, 0.3) is 11.3 Å². The molecular formula is C13H18N4S2. The molecule has 0 amide bonds. The van der Waals surface area contributed by atoms with Crippen LogP contribution >= 0.6 is 22.9 Å². The summed E-state index contributed by atoms with van der Waals surface area (Å²) in [5, 5.41) is 7.81. The number of nitrogens with one attached hydrogen (secondary N) is 1. The lowest BCUT2D eigenvalue weighted by Crippen LogP contribution is -2.21. The second-order valence-electron chi connectivity index (χ2n) is 5.18. The lowest BCUT2D eigenvalue weighted by Gasteiger charge is -2.17. The molecule has 1 fully saturated rings. The number of nitrogen functional groups attached to an aromatic ring is 1. The molecule has 1 saturated carbocycles. The predicted octanol–water partition coefficient (Wildman–Crippen LogP) is 3.76. The van der Waals surface area contributed by atoms with Gasteiger partial charge in [0, 0.05) is 11.4 Å². The van der Waals surface area contributed by atoms with E-state index in [0.717, 1.165) is 21.3 Å². The van der Waals surface area contributed by atoms with Gasteiger partial charge in [-0.15, -0.1) is 11.3 Å². The Hall–Kier alpha value is -1.14. The van der Waals surface area contributed by atoms with Crippen LogP contribution in [0.1, 0.15) is 31.2 Å². The number of nitrogens with zero attached hydrogens (tertiary/aromatic N) is 2. The van der Waals surface area contributed by atoms with E-state index in [1.165, 1.54) is 30.8 Å². The SMILES string of the molecule is Cc1nc(-c2c(N)nsc2NC2CCCC2C)cs1. The number of aryl methyl sites for hydroxylation is 1. The fraction of sp³-hybridized carbons (Fsp3) is 0.538. The third kappa shape index (κ3) is 2.47. The van der Waals surface area contributed by atoms with Crippen molar-refractivity contribution in [3.05, 3.63) is 10.4 Å². The van der Waals surface area contributed by atoms with E-state index in [1.807, 2.05) is 6.92 Å². The highest BCUT2D eigenvalue weighted by Crippen LogP contribution is 2.39. The summed E-state index contributed by atoms with van der Waals surface area (Å²) in [6.07, 6.45) is 3.84. The zero-order valence-electron chi connectivity index (χ0n) is 11.1. The van der Waals surface area contributed by atoms with Gasteiger partial charge in [0.1, 0.15) is 10.8 Å². The molecule has 0 aliphatic heterocycles. The molecule has 3 N–H and O–H groups in total. The Balaban J connectivity index is 1.90. The standard InChI is InChI=1S/C13H18N4S2/c1-7-4-3-5-9(7)16-13-11(12(14)17-19-13)10-6-18-8(2)15-10/h6-7,9,16H,3-5H2,1-2H3,(H2,14,17). The Morgan fingerprint density at radius 3 is 2.89 bits per heavy atom. The van der Waals surface area contributed by atoms with Crippen LogP contribution < -0.4 is 11.1 Å². The van der Waals surface area contributed by atoms with Crippen molar-refractivity contribution in [1.29, 1.82) is 0 Å². The van der Waals surface area contributed by atoms with Gasteiger partial charge in [0.2, 0.25) is 0 Å². The topological polar surface area (TPSA) is 63.8 Å². The summed E-state index contributed by atoms with van der Waals surface area (Å²) in [6.45, 7) is 4.32. The molecule has 0 radical (unpaired) electrons. The average Bonchev–Trinajstić information content (AvgIpc) is 3.04. The maximum Gasteiger partial charge on any atom is 0.148 e. The first-order chi connectivity index (χ1) is 9.15. The van der Waals surface area contributed by atoms with Crippen LogP contribution in [0.4, 0.5) is 10.8 Å². The summed E-state index contributed by atoms with van der Waals surface area (Å²) in [5.41, 5.74) is 7.94. The number of aromatic nitrogens is 2. The lowest BCUT2D eigenvalue weighted by atomic mass is 10.1. The van der Waals surface area contributed by atoms with Crippen LogP contribution in [0.5, 0.6) is 0 Å². The second-order valence-corrected chi connectivity index (χ2v) is 7.02. The van der Waals surface area contributed by atoms with Crippen LogP contribution in [-0.4, -0.2) is 15.4 Å². The van der Waals surface area contributed by atoms with Gasteiger partial charge in [-0.05, 0) is 37.2 Å². The summed E-state index contributed by atoms with van der Waals surface area (Å²) in [4.78, 5) is 4.53. The first kappa shape index (κ1) is 12.9. The summed E-state index contributed by atoms with van der Waals surface area (Å²) in [6, 6.07) is 0.540. The Morgan fingerprint density at radius 1 is 1.42 bits per heavy atom. The van der Waals surface area contributed by atoms with Crippen molar-refractivity contribution in [1.82, 2.24) is 9.36 Å². The predicted molar refractivity (Wildman–Crippen MR) is 82.8 cm³/mol. The van der Waals surface area contributed by atoms with Gasteiger partial charge in [0.25, 0.3) is 0 Å². The largest absolute Gasteiger partial charge is 0.382 e. The number of anilines is 2. The highest BCUT2D eigenvalue weighted by Gasteiger charge is 2.26. The van der Waals surface area contributed by atoms with E-state index in [-0.39, 0.29) is 0 Å². The summed E-state index contributed by atoms with van der Waals surface area (Å²) < 4.78 is 4.29. The van der Waals surface area contributed by atoms with Crippen LogP contribution in [0.15, 0.2) is 5.38 Å². The Kier molecular flexibility index (Phi) is 3.45. The summed E-state index contributed by atoms with van der Waals surface area (Å²) in [7, 11) is 0. The monoisotopic (exact) mass is 294 g/mol. The van der Waals surface area contributed by atoms with E-state index in [2.05, 4.69) is 27.0 Å². The van der Waals surface area contributed by atoms with Gasteiger partial charge in [0.05, 0.1) is 16.3 Å². The molecule has 0 spiro atoms. The normalized spacial score (nSPS) is 22.8. The van der Waals surface area contributed by atoms with Gasteiger partial charge in [0.15, 0.2) is 0 Å². The number of rotatable bonds is 3. The minimum atomic E-state index is 0.540.